The summed E-state index contributed by atoms with van der Waals surface area (Å²) in [4.78, 5) is 34.2. The average molecular weight is 418 g/mol. The standard InChI is InChI=1S/C26H31N3O2/c1-15-10-17(3)22(18(4)11-15)28-21(14-27-26(7,8)9)29(25(31)24(28)30)23-19(5)12-16(2)13-20(23)6/h10-13H,1-9H3. The van der Waals surface area contributed by atoms with Gasteiger partial charge in [-0.3, -0.25) is 9.59 Å². The Balaban J connectivity index is 2.36. The van der Waals surface area contributed by atoms with Crippen molar-refractivity contribution in [1.29, 1.82) is 0 Å². The summed E-state index contributed by atoms with van der Waals surface area (Å²) < 4.78 is 0. The maximum Gasteiger partial charge on any atom is 0.323 e. The molecular formula is C26H31N3O2. The predicted molar refractivity (Wildman–Crippen MR) is 127 cm³/mol. The normalized spacial score (nSPS) is 14.4. The first-order chi connectivity index (χ1) is 14.3. The van der Waals surface area contributed by atoms with Crippen molar-refractivity contribution in [1.82, 2.24) is 0 Å². The minimum Gasteiger partial charge on any atom is -0.263 e. The molecule has 0 aliphatic carbocycles. The van der Waals surface area contributed by atoms with Gasteiger partial charge in [-0.2, -0.15) is 0 Å². The zero-order valence-corrected chi connectivity index (χ0v) is 20.0. The highest BCUT2D eigenvalue weighted by molar-refractivity contribution is 6.51. The van der Waals surface area contributed by atoms with Gasteiger partial charge in [0.1, 0.15) is 0 Å². The molecule has 1 heterocycles. The van der Waals surface area contributed by atoms with Crippen LogP contribution in [0.15, 0.2) is 35.1 Å². The largest absolute Gasteiger partial charge is 0.323 e. The minimum atomic E-state index is -0.596. The fraction of sp³-hybridized carbons (Fsp3) is 0.385. The second kappa shape index (κ2) is 7.82. The third-order valence-electron chi connectivity index (χ3n) is 5.22. The number of carbonyl (C=O) groups is 2. The molecule has 2 aromatic carbocycles. The van der Waals surface area contributed by atoms with Crippen LogP contribution in [0.25, 0.3) is 0 Å². The van der Waals surface area contributed by atoms with E-state index in [1.165, 1.54) is 9.80 Å². The molecule has 0 bridgehead atoms. The van der Waals surface area contributed by atoms with E-state index < -0.39 is 17.4 Å². The first-order valence-electron chi connectivity index (χ1n) is 10.5. The van der Waals surface area contributed by atoms with Crippen LogP contribution in [0.3, 0.4) is 0 Å². The molecule has 0 radical (unpaired) electrons. The molecule has 31 heavy (non-hydrogen) atoms. The fourth-order valence-corrected chi connectivity index (χ4v) is 4.27. The van der Waals surface area contributed by atoms with Gasteiger partial charge < -0.3 is 0 Å². The van der Waals surface area contributed by atoms with Gasteiger partial charge in [-0.05, 0) is 84.6 Å². The maximum atomic E-state index is 13.3. The number of amides is 2. The lowest BCUT2D eigenvalue weighted by molar-refractivity contribution is -0.133. The first kappa shape index (κ1) is 22.5. The summed E-state index contributed by atoms with van der Waals surface area (Å²) >= 11 is 0. The highest BCUT2D eigenvalue weighted by atomic mass is 16.2. The molecule has 0 atom stereocenters. The molecule has 1 aliphatic rings. The van der Waals surface area contributed by atoms with E-state index in [1.807, 2.05) is 86.6 Å². The highest BCUT2D eigenvalue weighted by Crippen LogP contribution is 2.38. The molecule has 0 unspecified atom stereocenters. The number of anilines is 2. The van der Waals surface area contributed by atoms with Crippen molar-refractivity contribution in [3.05, 3.63) is 63.5 Å². The maximum absolute atomic E-state index is 13.3. The average Bonchev–Trinajstić information content (AvgIpc) is 2.83. The first-order valence-corrected chi connectivity index (χ1v) is 10.5. The number of nitrogens with zero attached hydrogens (tertiary/aromatic N) is 3. The summed E-state index contributed by atoms with van der Waals surface area (Å²) in [6.45, 7) is 17.7. The summed E-state index contributed by atoms with van der Waals surface area (Å²) in [5, 5.41) is 0. The number of carbonyl (C=O) groups excluding carboxylic acids is 2. The van der Waals surface area contributed by atoms with Crippen LogP contribution < -0.4 is 9.80 Å². The molecule has 0 spiro atoms. The molecule has 162 valence electrons. The van der Waals surface area contributed by atoms with Crippen LogP contribution in [-0.2, 0) is 9.59 Å². The lowest BCUT2D eigenvalue weighted by atomic mass is 10.0. The van der Waals surface area contributed by atoms with E-state index in [0.717, 1.165) is 33.4 Å². The molecule has 0 saturated carbocycles. The van der Waals surface area contributed by atoms with E-state index in [0.29, 0.717) is 17.2 Å². The quantitative estimate of drug-likeness (QED) is 0.496. The van der Waals surface area contributed by atoms with Crippen molar-refractivity contribution in [3.8, 4) is 0 Å². The van der Waals surface area contributed by atoms with Crippen LogP contribution in [0.5, 0.6) is 0 Å². The molecular weight excluding hydrogens is 386 g/mol. The molecule has 1 fully saturated rings. The Hall–Kier alpha value is -3.17. The Bertz CT molecular complexity index is 1040. The fourth-order valence-electron chi connectivity index (χ4n) is 4.27. The Morgan fingerprint density at radius 3 is 1.29 bits per heavy atom. The second-order valence-electron chi connectivity index (χ2n) is 9.49. The SMILES string of the molecule is Cc1cc(C)c(N2C(=O)C(=O)N(c3c(C)cc(C)cc3C)C2=C=NC(C)(C)C)c(C)c1. The molecule has 3 rings (SSSR count). The van der Waals surface area contributed by atoms with Crippen LogP contribution in [0, 0.1) is 41.5 Å². The van der Waals surface area contributed by atoms with Crippen LogP contribution in [0.1, 0.15) is 54.2 Å². The third kappa shape index (κ3) is 4.19. The van der Waals surface area contributed by atoms with E-state index in [-0.39, 0.29) is 0 Å². The monoisotopic (exact) mass is 417 g/mol. The zero-order chi connectivity index (χ0) is 23.2. The van der Waals surface area contributed by atoms with Gasteiger partial charge in [-0.1, -0.05) is 35.4 Å². The summed E-state index contributed by atoms with van der Waals surface area (Å²) in [7, 11) is 0. The molecule has 1 saturated heterocycles. The number of aliphatic imine (C=N–C) groups is 1. The van der Waals surface area contributed by atoms with Crippen LogP contribution in [0.2, 0.25) is 0 Å². The van der Waals surface area contributed by atoms with Gasteiger partial charge in [0.2, 0.25) is 0 Å². The van der Waals surface area contributed by atoms with Gasteiger partial charge in [-0.25, -0.2) is 14.8 Å². The minimum absolute atomic E-state index is 0.343. The van der Waals surface area contributed by atoms with E-state index in [9.17, 15) is 9.59 Å². The second-order valence-corrected chi connectivity index (χ2v) is 9.49. The van der Waals surface area contributed by atoms with E-state index in [4.69, 9.17) is 0 Å². The van der Waals surface area contributed by atoms with E-state index in [1.54, 1.807) is 0 Å². The zero-order valence-electron chi connectivity index (χ0n) is 20.0. The van der Waals surface area contributed by atoms with Crippen molar-refractivity contribution in [3.63, 3.8) is 0 Å². The van der Waals surface area contributed by atoms with E-state index >= 15 is 0 Å². The number of rotatable bonds is 2. The van der Waals surface area contributed by atoms with Crippen molar-refractivity contribution in [2.75, 3.05) is 9.80 Å². The molecule has 2 amide bonds. The van der Waals surface area contributed by atoms with Crippen molar-refractivity contribution in [2.45, 2.75) is 67.9 Å². The van der Waals surface area contributed by atoms with Gasteiger partial charge in [0.05, 0.1) is 16.9 Å². The molecule has 1 aliphatic heterocycles. The Labute approximate surface area is 185 Å². The number of hydrogen-bond donors (Lipinski definition) is 0. The summed E-state index contributed by atoms with van der Waals surface area (Å²) in [6, 6.07) is 8.07. The number of benzene rings is 2. The van der Waals surface area contributed by atoms with Gasteiger partial charge in [-0.15, -0.1) is 0 Å². The lowest BCUT2D eigenvalue weighted by Gasteiger charge is -2.25. The van der Waals surface area contributed by atoms with Crippen molar-refractivity contribution >= 4 is 29.1 Å². The van der Waals surface area contributed by atoms with E-state index in [2.05, 4.69) is 10.9 Å². The lowest BCUT2D eigenvalue weighted by Crippen LogP contribution is -2.28. The smallest absolute Gasteiger partial charge is 0.263 e. The van der Waals surface area contributed by atoms with Gasteiger partial charge in [0, 0.05) is 5.87 Å². The molecule has 5 nitrogen and oxygen atoms in total. The molecule has 0 aromatic heterocycles. The number of aryl methyl sites for hydroxylation is 6. The number of hydrogen-bond acceptors (Lipinski definition) is 3. The topological polar surface area (TPSA) is 53.0 Å². The molecule has 5 heteroatoms. The predicted octanol–water partition coefficient (Wildman–Crippen LogP) is 5.23. The van der Waals surface area contributed by atoms with Crippen LogP contribution in [0.4, 0.5) is 11.4 Å². The van der Waals surface area contributed by atoms with Crippen molar-refractivity contribution < 1.29 is 9.59 Å². The summed E-state index contributed by atoms with van der Waals surface area (Å²) in [6.07, 6.45) is 0. The Morgan fingerprint density at radius 1 is 0.677 bits per heavy atom. The van der Waals surface area contributed by atoms with Crippen molar-refractivity contribution in [2.24, 2.45) is 4.99 Å². The third-order valence-corrected chi connectivity index (χ3v) is 5.22. The Kier molecular flexibility index (Phi) is 5.68. The molecule has 2 aromatic rings. The summed E-state index contributed by atoms with van der Waals surface area (Å²) in [5.41, 5.74) is 6.91. The van der Waals surface area contributed by atoms with Crippen LogP contribution >= 0.6 is 0 Å². The Morgan fingerprint density at radius 2 is 1.00 bits per heavy atom. The molecule has 0 N–H and O–H groups in total. The van der Waals surface area contributed by atoms with Crippen LogP contribution in [-0.4, -0.2) is 23.2 Å². The highest BCUT2D eigenvalue weighted by Gasteiger charge is 2.45. The van der Waals surface area contributed by atoms with Gasteiger partial charge in [0.15, 0.2) is 5.82 Å². The van der Waals surface area contributed by atoms with Gasteiger partial charge >= 0.3 is 11.8 Å². The van der Waals surface area contributed by atoms with Gasteiger partial charge in [0.25, 0.3) is 0 Å². The summed E-state index contributed by atoms with van der Waals surface area (Å²) in [5.74, 6) is 2.22.